The normalized spacial score (nSPS) is 21.6. The molecule has 0 spiro atoms. The molecule has 2 amide bonds. The van der Waals surface area contributed by atoms with Gasteiger partial charge in [-0.3, -0.25) is 0 Å². The Kier molecular flexibility index (Phi) is 6.73. The van der Waals surface area contributed by atoms with E-state index in [-0.39, 0.29) is 19.2 Å². The maximum absolute atomic E-state index is 13.4. The number of carboxylic acid groups (broad SMARTS) is 1. The fourth-order valence-corrected chi connectivity index (χ4v) is 4.58. The molecule has 4 rings (SSSR count). The first-order valence-electron chi connectivity index (χ1n) is 11.1. The number of amides is 2. The lowest BCUT2D eigenvalue weighted by Crippen LogP contribution is -2.49. The summed E-state index contributed by atoms with van der Waals surface area (Å²) in [5.74, 6) is -1.85. The number of aliphatic carboxylic acids is 1. The Balaban J connectivity index is 1.64. The number of hydrogen-bond acceptors (Lipinski definition) is 4. The van der Waals surface area contributed by atoms with E-state index < -0.39 is 30.1 Å². The number of esters is 1. The van der Waals surface area contributed by atoms with Crippen molar-refractivity contribution in [2.45, 2.75) is 63.4 Å². The van der Waals surface area contributed by atoms with Crippen LogP contribution in [-0.4, -0.2) is 51.1 Å². The van der Waals surface area contributed by atoms with Crippen molar-refractivity contribution in [2.75, 3.05) is 0 Å². The number of carboxylic acids is 1. The van der Waals surface area contributed by atoms with Gasteiger partial charge in [-0.15, -0.1) is 0 Å². The molecule has 1 aliphatic carbocycles. The summed E-state index contributed by atoms with van der Waals surface area (Å²) >= 11 is 0. The maximum atomic E-state index is 13.4. The lowest BCUT2D eigenvalue weighted by atomic mass is 9.97. The molecule has 2 aromatic carbocycles. The Morgan fingerprint density at radius 3 is 1.81 bits per heavy atom. The Morgan fingerprint density at radius 1 is 0.812 bits per heavy atom. The highest BCUT2D eigenvalue weighted by molar-refractivity contribution is 5.96. The lowest BCUT2D eigenvalue weighted by Gasteiger charge is -2.28. The highest BCUT2D eigenvalue weighted by Crippen LogP contribution is 2.30. The average molecular weight is 437 g/mol. The van der Waals surface area contributed by atoms with E-state index in [2.05, 4.69) is 0 Å². The monoisotopic (exact) mass is 436 g/mol. The molecule has 1 saturated heterocycles. The van der Waals surface area contributed by atoms with Crippen molar-refractivity contribution < 1.29 is 24.2 Å². The van der Waals surface area contributed by atoms with Crippen LogP contribution in [0.15, 0.2) is 60.7 Å². The van der Waals surface area contributed by atoms with E-state index in [4.69, 9.17) is 4.74 Å². The average Bonchev–Trinajstić information content (AvgIpc) is 3.07. The number of ether oxygens (including phenoxy) is 1. The Hall–Kier alpha value is -3.35. The molecule has 1 N–H and O–H groups in total. The lowest BCUT2D eigenvalue weighted by molar-refractivity contribution is -0.160. The fourth-order valence-electron chi connectivity index (χ4n) is 4.58. The van der Waals surface area contributed by atoms with Crippen LogP contribution >= 0.6 is 0 Å². The zero-order chi connectivity index (χ0) is 22.5. The minimum absolute atomic E-state index is 0.106. The third-order valence-electron chi connectivity index (χ3n) is 6.18. The summed E-state index contributed by atoms with van der Waals surface area (Å²) in [5, 5.41) is 10.1. The summed E-state index contributed by atoms with van der Waals surface area (Å²) < 4.78 is 5.75. The first-order chi connectivity index (χ1) is 15.5. The first kappa shape index (κ1) is 21.9. The topological polar surface area (TPSA) is 87.1 Å². The van der Waals surface area contributed by atoms with E-state index in [1.807, 2.05) is 60.7 Å². The molecule has 168 valence electrons. The van der Waals surface area contributed by atoms with Gasteiger partial charge in [0, 0.05) is 13.1 Å². The van der Waals surface area contributed by atoms with Crippen molar-refractivity contribution in [1.29, 1.82) is 0 Å². The van der Waals surface area contributed by atoms with Crippen LogP contribution in [-0.2, 0) is 27.4 Å². The van der Waals surface area contributed by atoms with Gasteiger partial charge in [-0.25, -0.2) is 14.4 Å². The van der Waals surface area contributed by atoms with Gasteiger partial charge in [0.15, 0.2) is 12.1 Å². The van der Waals surface area contributed by atoms with Crippen molar-refractivity contribution in [2.24, 2.45) is 0 Å². The van der Waals surface area contributed by atoms with Gasteiger partial charge in [-0.2, -0.15) is 0 Å². The van der Waals surface area contributed by atoms with E-state index in [9.17, 15) is 19.5 Å². The van der Waals surface area contributed by atoms with Gasteiger partial charge in [0.1, 0.15) is 6.10 Å². The van der Waals surface area contributed by atoms with Gasteiger partial charge in [-0.1, -0.05) is 67.1 Å². The molecule has 2 fully saturated rings. The first-order valence-corrected chi connectivity index (χ1v) is 11.1. The van der Waals surface area contributed by atoms with Crippen molar-refractivity contribution in [3.8, 4) is 0 Å². The van der Waals surface area contributed by atoms with E-state index >= 15 is 0 Å². The van der Waals surface area contributed by atoms with Gasteiger partial charge >= 0.3 is 18.0 Å². The summed E-state index contributed by atoms with van der Waals surface area (Å²) in [6.45, 7) is 0.244. The number of nitrogens with zero attached hydrogens (tertiary/aromatic N) is 2. The molecule has 32 heavy (non-hydrogen) atoms. The van der Waals surface area contributed by atoms with E-state index in [0.29, 0.717) is 0 Å². The number of carbonyl (C=O) groups is 3. The summed E-state index contributed by atoms with van der Waals surface area (Å²) in [4.78, 5) is 41.6. The second-order valence-corrected chi connectivity index (χ2v) is 8.43. The van der Waals surface area contributed by atoms with Crippen LogP contribution in [0, 0.1) is 0 Å². The Bertz CT molecular complexity index is 943. The molecular weight excluding hydrogens is 408 g/mol. The van der Waals surface area contributed by atoms with Gasteiger partial charge in [0.25, 0.3) is 0 Å². The van der Waals surface area contributed by atoms with Gasteiger partial charge in [0.2, 0.25) is 0 Å². The quantitative estimate of drug-likeness (QED) is 0.667. The molecule has 1 heterocycles. The second kappa shape index (κ2) is 9.85. The highest BCUT2D eigenvalue weighted by Gasteiger charge is 2.54. The van der Waals surface area contributed by atoms with Crippen LogP contribution in [0.1, 0.15) is 43.2 Å². The minimum Gasteiger partial charge on any atom is -0.480 e. The van der Waals surface area contributed by atoms with Gasteiger partial charge in [0.05, 0.1) is 0 Å². The third-order valence-corrected chi connectivity index (χ3v) is 6.18. The van der Waals surface area contributed by atoms with Gasteiger partial charge in [-0.05, 0) is 36.8 Å². The van der Waals surface area contributed by atoms with Gasteiger partial charge < -0.3 is 19.6 Å². The number of urea groups is 1. The number of rotatable bonds is 7. The molecule has 7 nitrogen and oxygen atoms in total. The number of carbonyl (C=O) groups excluding carboxylic acids is 2. The molecule has 1 aliphatic heterocycles. The second-order valence-electron chi connectivity index (χ2n) is 8.43. The molecule has 0 unspecified atom stereocenters. The molecule has 0 bridgehead atoms. The maximum Gasteiger partial charge on any atom is 0.332 e. The van der Waals surface area contributed by atoms with Crippen LogP contribution in [0.2, 0.25) is 0 Å². The SMILES string of the molecule is O=C(OC1CCCCC1)[C@@H]1[C@H](C(=O)O)N(Cc2ccccc2)C(=O)N1Cc1ccccc1. The minimum atomic E-state index is -1.32. The molecule has 2 aliphatic rings. The zero-order valence-electron chi connectivity index (χ0n) is 17.9. The van der Waals surface area contributed by atoms with E-state index in [1.54, 1.807) is 0 Å². The van der Waals surface area contributed by atoms with Crippen LogP contribution in [0.4, 0.5) is 4.79 Å². The Labute approximate surface area is 187 Å². The van der Waals surface area contributed by atoms with Crippen LogP contribution in [0.3, 0.4) is 0 Å². The summed E-state index contributed by atoms with van der Waals surface area (Å²) in [5.41, 5.74) is 1.62. The molecule has 2 atom stereocenters. The van der Waals surface area contributed by atoms with Crippen LogP contribution < -0.4 is 0 Å². The standard InChI is InChI=1S/C25H28N2O5/c28-23(29)21-22(24(30)32-20-14-8-3-9-15-20)27(17-19-12-6-2-7-13-19)25(31)26(21)16-18-10-4-1-5-11-18/h1-2,4-7,10-13,20-22H,3,8-9,14-17H2,(H,28,29)/t21-,22+/m1/s1. The predicted octanol–water partition coefficient (Wildman–Crippen LogP) is 3.82. The molecular formula is C25H28N2O5. The van der Waals surface area contributed by atoms with Crippen molar-refractivity contribution in [1.82, 2.24) is 9.80 Å². The van der Waals surface area contributed by atoms with E-state index in [0.717, 1.165) is 43.2 Å². The Morgan fingerprint density at radius 2 is 1.31 bits per heavy atom. The smallest absolute Gasteiger partial charge is 0.332 e. The third kappa shape index (κ3) is 4.77. The predicted molar refractivity (Wildman–Crippen MR) is 118 cm³/mol. The number of hydrogen-bond donors (Lipinski definition) is 1. The van der Waals surface area contributed by atoms with E-state index in [1.165, 1.54) is 9.80 Å². The van der Waals surface area contributed by atoms with Crippen molar-refractivity contribution >= 4 is 18.0 Å². The summed E-state index contributed by atoms with van der Waals surface area (Å²) in [7, 11) is 0. The van der Waals surface area contributed by atoms with Crippen molar-refractivity contribution in [3.63, 3.8) is 0 Å². The molecule has 0 radical (unpaired) electrons. The molecule has 2 aromatic rings. The van der Waals surface area contributed by atoms with Crippen LogP contribution in [0.25, 0.3) is 0 Å². The highest BCUT2D eigenvalue weighted by atomic mass is 16.5. The molecule has 1 saturated carbocycles. The molecule has 0 aromatic heterocycles. The largest absolute Gasteiger partial charge is 0.480 e. The van der Waals surface area contributed by atoms with Crippen LogP contribution in [0.5, 0.6) is 0 Å². The zero-order valence-corrected chi connectivity index (χ0v) is 17.9. The molecule has 7 heteroatoms. The summed E-state index contributed by atoms with van der Waals surface area (Å²) in [6, 6.07) is 15.5. The summed E-state index contributed by atoms with van der Waals surface area (Å²) in [6.07, 6.45) is 4.41. The number of benzene rings is 2. The van der Waals surface area contributed by atoms with Crippen molar-refractivity contribution in [3.05, 3.63) is 71.8 Å². The fraction of sp³-hybridized carbons (Fsp3) is 0.400.